The van der Waals surface area contributed by atoms with Gasteiger partial charge in [-0.25, -0.2) is 4.39 Å². The van der Waals surface area contributed by atoms with Gasteiger partial charge in [-0.3, -0.25) is 9.48 Å². The van der Waals surface area contributed by atoms with E-state index >= 15 is 0 Å². The van der Waals surface area contributed by atoms with Crippen molar-refractivity contribution in [1.29, 1.82) is 0 Å². The Labute approximate surface area is 153 Å². The summed E-state index contributed by atoms with van der Waals surface area (Å²) in [7, 11) is 1.87. The minimum absolute atomic E-state index is 0. The molecule has 25 heavy (non-hydrogen) atoms. The molecule has 136 valence electrons. The highest BCUT2D eigenvalue weighted by Gasteiger charge is 2.35. The van der Waals surface area contributed by atoms with Crippen molar-refractivity contribution in [3.8, 4) is 0 Å². The largest absolute Gasteiger partial charge is 0.349 e. The van der Waals surface area contributed by atoms with Gasteiger partial charge in [0.25, 0.3) is 0 Å². The molecule has 1 unspecified atom stereocenters. The number of aryl methyl sites for hydroxylation is 2. The number of nitrogens with one attached hydrogen (secondary N) is 2. The van der Waals surface area contributed by atoms with Gasteiger partial charge < -0.3 is 10.6 Å². The van der Waals surface area contributed by atoms with Crippen LogP contribution in [0.25, 0.3) is 0 Å². The second-order valence-electron chi connectivity index (χ2n) is 6.56. The number of rotatable bonds is 4. The third-order valence-electron chi connectivity index (χ3n) is 4.74. The zero-order valence-electron chi connectivity index (χ0n) is 14.6. The molecule has 1 aliphatic heterocycles. The van der Waals surface area contributed by atoms with E-state index in [1.165, 1.54) is 6.07 Å². The highest BCUT2D eigenvalue weighted by Crippen LogP contribution is 2.28. The van der Waals surface area contributed by atoms with Crippen LogP contribution in [0.3, 0.4) is 0 Å². The van der Waals surface area contributed by atoms with Crippen molar-refractivity contribution in [2.75, 3.05) is 13.1 Å². The Bertz CT molecular complexity index is 748. The summed E-state index contributed by atoms with van der Waals surface area (Å²) in [6.07, 6.45) is 3.79. The summed E-state index contributed by atoms with van der Waals surface area (Å²) in [4.78, 5) is 12.7. The maximum Gasteiger partial charge on any atom is 0.225 e. The molecular weight excluding hydrogens is 343 g/mol. The highest BCUT2D eigenvalue weighted by atomic mass is 35.5. The van der Waals surface area contributed by atoms with Crippen molar-refractivity contribution in [2.24, 2.45) is 13.0 Å². The lowest BCUT2D eigenvalue weighted by Crippen LogP contribution is -2.36. The van der Waals surface area contributed by atoms with Crippen LogP contribution < -0.4 is 10.6 Å². The minimum Gasteiger partial charge on any atom is -0.349 e. The van der Waals surface area contributed by atoms with E-state index < -0.39 is 0 Å². The van der Waals surface area contributed by atoms with E-state index in [1.54, 1.807) is 23.7 Å². The number of carbonyl (C=O) groups is 1. The van der Waals surface area contributed by atoms with Crippen LogP contribution in [0.2, 0.25) is 0 Å². The first-order chi connectivity index (χ1) is 11.5. The van der Waals surface area contributed by atoms with Gasteiger partial charge >= 0.3 is 0 Å². The molecule has 1 aromatic heterocycles. The molecule has 2 heterocycles. The molecule has 1 aliphatic rings. The standard InChI is InChI=1S/C18H23FN4O.ClH/c1-11-6-13(4-5-17(11)19)12(2)22-18(24)16-9-20-8-15(16)14-7-21-23(3)10-14;/h4-7,10,12,15-16,20H,8-9H2,1-3H3,(H,22,24);1H/t12?,15-,16+;/m1./s1. The van der Waals surface area contributed by atoms with E-state index in [-0.39, 0.29) is 42.0 Å². The molecule has 2 N–H and O–H groups in total. The van der Waals surface area contributed by atoms with Crippen LogP contribution in [-0.2, 0) is 11.8 Å². The molecule has 0 saturated carbocycles. The van der Waals surface area contributed by atoms with Crippen molar-refractivity contribution in [3.63, 3.8) is 0 Å². The number of aromatic nitrogens is 2. The number of benzene rings is 1. The Morgan fingerprint density at radius 1 is 1.44 bits per heavy atom. The lowest BCUT2D eigenvalue weighted by atomic mass is 9.90. The average molecular weight is 367 g/mol. The van der Waals surface area contributed by atoms with Gasteiger partial charge in [-0.2, -0.15) is 5.10 Å². The maximum absolute atomic E-state index is 13.4. The maximum atomic E-state index is 13.4. The first kappa shape index (κ1) is 19.4. The summed E-state index contributed by atoms with van der Waals surface area (Å²) in [5.41, 5.74) is 2.57. The molecule has 7 heteroatoms. The van der Waals surface area contributed by atoms with Crippen LogP contribution in [0.15, 0.2) is 30.6 Å². The van der Waals surface area contributed by atoms with E-state index in [9.17, 15) is 9.18 Å². The van der Waals surface area contributed by atoms with Crippen molar-refractivity contribution in [2.45, 2.75) is 25.8 Å². The first-order valence-corrected chi connectivity index (χ1v) is 8.21. The van der Waals surface area contributed by atoms with Crippen LogP contribution in [0.5, 0.6) is 0 Å². The highest BCUT2D eigenvalue weighted by molar-refractivity contribution is 5.85. The minimum atomic E-state index is -0.228. The first-order valence-electron chi connectivity index (χ1n) is 8.21. The number of amides is 1. The van der Waals surface area contributed by atoms with E-state index in [0.29, 0.717) is 12.1 Å². The topological polar surface area (TPSA) is 59.0 Å². The molecule has 1 saturated heterocycles. The molecule has 3 rings (SSSR count). The molecule has 1 fully saturated rings. The smallest absolute Gasteiger partial charge is 0.225 e. The van der Waals surface area contributed by atoms with Crippen LogP contribution >= 0.6 is 12.4 Å². The summed E-state index contributed by atoms with van der Waals surface area (Å²) in [6, 6.07) is 4.79. The fourth-order valence-electron chi connectivity index (χ4n) is 3.28. The van der Waals surface area contributed by atoms with E-state index in [4.69, 9.17) is 0 Å². The van der Waals surface area contributed by atoms with Gasteiger partial charge in [0.1, 0.15) is 5.82 Å². The Balaban J connectivity index is 0.00000225. The second kappa shape index (κ2) is 7.97. The summed E-state index contributed by atoms with van der Waals surface area (Å²) in [5.74, 6) is -0.212. The Kier molecular flexibility index (Phi) is 6.19. The monoisotopic (exact) mass is 366 g/mol. The van der Waals surface area contributed by atoms with E-state index in [0.717, 1.165) is 17.7 Å². The van der Waals surface area contributed by atoms with Crippen molar-refractivity contribution in [1.82, 2.24) is 20.4 Å². The Morgan fingerprint density at radius 2 is 2.20 bits per heavy atom. The number of hydrogen-bond donors (Lipinski definition) is 2. The fourth-order valence-corrected chi connectivity index (χ4v) is 3.28. The third-order valence-corrected chi connectivity index (χ3v) is 4.74. The van der Waals surface area contributed by atoms with Crippen LogP contribution in [0, 0.1) is 18.7 Å². The summed E-state index contributed by atoms with van der Waals surface area (Å²) in [6.45, 7) is 5.08. The van der Waals surface area contributed by atoms with Crippen molar-refractivity contribution in [3.05, 3.63) is 53.1 Å². The summed E-state index contributed by atoms with van der Waals surface area (Å²) in [5, 5.41) is 10.6. The van der Waals surface area contributed by atoms with Crippen LogP contribution in [0.4, 0.5) is 4.39 Å². The molecular formula is C18H24ClFN4O. The van der Waals surface area contributed by atoms with Gasteiger partial charge in [-0.05, 0) is 36.6 Å². The SMILES string of the molecule is Cc1cc(C(C)NC(=O)[C@H]2CNC[C@@H]2c2cnn(C)c2)ccc1F.Cl. The van der Waals surface area contributed by atoms with Gasteiger partial charge in [0.2, 0.25) is 5.91 Å². The number of carbonyl (C=O) groups excluding carboxylic acids is 1. The molecule has 5 nitrogen and oxygen atoms in total. The van der Waals surface area contributed by atoms with E-state index in [2.05, 4.69) is 15.7 Å². The van der Waals surface area contributed by atoms with Crippen LogP contribution in [0.1, 0.15) is 35.6 Å². The lowest BCUT2D eigenvalue weighted by molar-refractivity contribution is -0.125. The van der Waals surface area contributed by atoms with Gasteiger partial charge in [0.15, 0.2) is 0 Å². The zero-order valence-corrected chi connectivity index (χ0v) is 15.4. The second-order valence-corrected chi connectivity index (χ2v) is 6.56. The molecule has 1 amide bonds. The predicted octanol–water partition coefficient (Wildman–Crippen LogP) is 2.47. The molecule has 0 aliphatic carbocycles. The zero-order chi connectivity index (χ0) is 17.3. The fraction of sp³-hybridized carbons (Fsp3) is 0.444. The summed E-state index contributed by atoms with van der Waals surface area (Å²) >= 11 is 0. The Hall–Kier alpha value is -1.92. The lowest BCUT2D eigenvalue weighted by Gasteiger charge is -2.21. The molecule has 0 spiro atoms. The van der Waals surface area contributed by atoms with E-state index in [1.807, 2.05) is 26.4 Å². The van der Waals surface area contributed by atoms with Gasteiger partial charge in [-0.15, -0.1) is 12.4 Å². The summed E-state index contributed by atoms with van der Waals surface area (Å²) < 4.78 is 15.2. The number of nitrogens with zero attached hydrogens (tertiary/aromatic N) is 2. The van der Waals surface area contributed by atoms with Gasteiger partial charge in [0.05, 0.1) is 18.2 Å². The molecule has 0 radical (unpaired) electrons. The average Bonchev–Trinajstić information content (AvgIpc) is 3.18. The predicted molar refractivity (Wildman–Crippen MR) is 97.3 cm³/mol. The molecule has 2 aromatic rings. The van der Waals surface area contributed by atoms with Crippen molar-refractivity contribution >= 4 is 18.3 Å². The molecule has 1 aromatic carbocycles. The number of hydrogen-bond acceptors (Lipinski definition) is 3. The third kappa shape index (κ3) is 4.19. The van der Waals surface area contributed by atoms with Crippen molar-refractivity contribution < 1.29 is 9.18 Å². The Morgan fingerprint density at radius 3 is 2.84 bits per heavy atom. The molecule has 3 atom stereocenters. The van der Waals surface area contributed by atoms with Crippen LogP contribution in [-0.4, -0.2) is 28.8 Å². The normalized spacial score (nSPS) is 20.8. The molecule has 0 bridgehead atoms. The van der Waals surface area contributed by atoms with Gasteiger partial charge in [0, 0.05) is 32.3 Å². The quantitative estimate of drug-likeness (QED) is 0.874. The number of halogens is 2. The van der Waals surface area contributed by atoms with Gasteiger partial charge in [-0.1, -0.05) is 12.1 Å².